The fraction of sp³-hybridized carbons (Fsp3) is 0.333. The maximum atomic E-state index is 8.95. The first-order chi connectivity index (χ1) is 14.6. The standard InChI is InChI=1S/C24H26N4OS/c1-16-14-18(8-5-7-13-29)10-11-19(16)23-21-22(20-9-4-6-12-25-20)27-28(3)24(21)26-17(2)15-30-23/h4,6,9-12,14,17,23,26,29H,7,13,15H2,1-3H3/t17-,23-/m1/s1. The van der Waals surface area contributed by atoms with E-state index >= 15 is 0 Å². The molecule has 2 aromatic heterocycles. The van der Waals surface area contributed by atoms with Gasteiger partial charge in [0.25, 0.3) is 0 Å². The lowest BCUT2D eigenvalue weighted by molar-refractivity contribution is 0.305. The molecule has 2 atom stereocenters. The van der Waals surface area contributed by atoms with Crippen LogP contribution in [0.3, 0.4) is 0 Å². The number of aryl methyl sites for hydroxylation is 2. The number of pyridine rings is 1. The monoisotopic (exact) mass is 418 g/mol. The number of nitrogens with one attached hydrogen (secondary N) is 1. The van der Waals surface area contributed by atoms with Gasteiger partial charge in [0.1, 0.15) is 11.5 Å². The van der Waals surface area contributed by atoms with Crippen molar-refractivity contribution in [1.29, 1.82) is 0 Å². The summed E-state index contributed by atoms with van der Waals surface area (Å²) in [4.78, 5) is 4.57. The molecule has 0 unspecified atom stereocenters. The Labute approximate surface area is 181 Å². The van der Waals surface area contributed by atoms with Crippen LogP contribution in [0, 0.1) is 18.8 Å². The highest BCUT2D eigenvalue weighted by atomic mass is 32.2. The molecule has 0 bridgehead atoms. The molecule has 3 heterocycles. The van der Waals surface area contributed by atoms with Crippen molar-refractivity contribution >= 4 is 17.6 Å². The molecule has 0 amide bonds. The van der Waals surface area contributed by atoms with Crippen molar-refractivity contribution in [2.24, 2.45) is 7.05 Å². The molecule has 30 heavy (non-hydrogen) atoms. The lowest BCUT2D eigenvalue weighted by atomic mass is 9.96. The topological polar surface area (TPSA) is 63.0 Å². The van der Waals surface area contributed by atoms with E-state index in [9.17, 15) is 0 Å². The zero-order chi connectivity index (χ0) is 21.1. The molecule has 1 aromatic carbocycles. The maximum absolute atomic E-state index is 8.95. The van der Waals surface area contributed by atoms with Crippen LogP contribution in [-0.2, 0) is 7.05 Å². The molecule has 0 spiro atoms. The Balaban J connectivity index is 1.82. The molecule has 4 rings (SSSR count). The van der Waals surface area contributed by atoms with Gasteiger partial charge < -0.3 is 10.4 Å². The van der Waals surface area contributed by atoms with Crippen molar-refractivity contribution < 1.29 is 5.11 Å². The summed E-state index contributed by atoms with van der Waals surface area (Å²) in [5.41, 5.74) is 6.47. The van der Waals surface area contributed by atoms with Crippen LogP contribution in [-0.4, -0.2) is 38.3 Å². The summed E-state index contributed by atoms with van der Waals surface area (Å²) < 4.78 is 1.94. The van der Waals surface area contributed by atoms with Crippen LogP contribution in [0.25, 0.3) is 11.4 Å². The number of nitrogens with zero attached hydrogens (tertiary/aromatic N) is 3. The molecule has 1 aliphatic rings. The van der Waals surface area contributed by atoms with Gasteiger partial charge in [-0.05, 0) is 49.2 Å². The summed E-state index contributed by atoms with van der Waals surface area (Å²) in [5, 5.41) is 17.6. The van der Waals surface area contributed by atoms with Crippen molar-refractivity contribution in [2.45, 2.75) is 31.6 Å². The first-order valence-corrected chi connectivity index (χ1v) is 11.2. The van der Waals surface area contributed by atoms with E-state index in [4.69, 9.17) is 10.2 Å². The van der Waals surface area contributed by atoms with Crippen LogP contribution in [0.5, 0.6) is 0 Å². The van der Waals surface area contributed by atoms with E-state index < -0.39 is 0 Å². The fourth-order valence-corrected chi connectivity index (χ4v) is 5.16. The number of aromatic nitrogens is 3. The Kier molecular flexibility index (Phi) is 6.12. The Morgan fingerprint density at radius 1 is 1.30 bits per heavy atom. The number of aliphatic hydroxyl groups excluding tert-OH is 1. The molecule has 0 fully saturated rings. The van der Waals surface area contributed by atoms with Gasteiger partial charge in [0.2, 0.25) is 0 Å². The maximum Gasteiger partial charge on any atom is 0.129 e. The summed E-state index contributed by atoms with van der Waals surface area (Å²) in [7, 11) is 1.99. The second kappa shape index (κ2) is 8.95. The second-order valence-corrected chi connectivity index (χ2v) is 8.69. The molecule has 0 radical (unpaired) electrons. The molecular formula is C24H26N4OS. The highest BCUT2D eigenvalue weighted by molar-refractivity contribution is 7.99. The quantitative estimate of drug-likeness (QED) is 0.626. The minimum Gasteiger partial charge on any atom is -0.395 e. The van der Waals surface area contributed by atoms with E-state index in [2.05, 4.69) is 54.2 Å². The molecule has 0 saturated carbocycles. The second-order valence-electron chi connectivity index (χ2n) is 7.55. The normalized spacial score (nSPS) is 18.0. The third kappa shape index (κ3) is 4.09. The summed E-state index contributed by atoms with van der Waals surface area (Å²) in [6.07, 6.45) is 2.31. The third-order valence-corrected chi connectivity index (χ3v) is 6.69. The summed E-state index contributed by atoms with van der Waals surface area (Å²) in [5.74, 6) is 8.21. The van der Waals surface area contributed by atoms with Gasteiger partial charge in [-0.2, -0.15) is 5.10 Å². The first kappa shape index (κ1) is 20.5. The van der Waals surface area contributed by atoms with Crippen LogP contribution in [0.4, 0.5) is 5.82 Å². The van der Waals surface area contributed by atoms with Gasteiger partial charge in [-0.15, -0.1) is 11.8 Å². The van der Waals surface area contributed by atoms with Crippen molar-refractivity contribution in [3.63, 3.8) is 0 Å². The minimum absolute atomic E-state index is 0.0913. The molecule has 2 N–H and O–H groups in total. The lowest BCUT2D eigenvalue weighted by Crippen LogP contribution is -2.18. The smallest absolute Gasteiger partial charge is 0.129 e. The average Bonchev–Trinajstić information content (AvgIpc) is 2.95. The van der Waals surface area contributed by atoms with Gasteiger partial charge in [0.15, 0.2) is 0 Å². The van der Waals surface area contributed by atoms with Gasteiger partial charge in [-0.1, -0.05) is 24.0 Å². The number of benzene rings is 1. The lowest BCUT2D eigenvalue weighted by Gasteiger charge is -2.19. The van der Waals surface area contributed by atoms with Crippen LogP contribution in [0.15, 0.2) is 42.6 Å². The van der Waals surface area contributed by atoms with Gasteiger partial charge >= 0.3 is 0 Å². The molecule has 5 nitrogen and oxygen atoms in total. The fourth-order valence-electron chi connectivity index (χ4n) is 3.76. The molecular weight excluding hydrogens is 392 g/mol. The van der Waals surface area contributed by atoms with Gasteiger partial charge in [-0.3, -0.25) is 9.67 Å². The number of fused-ring (bicyclic) bond motifs is 1. The zero-order valence-corrected chi connectivity index (χ0v) is 18.3. The molecule has 0 aliphatic carbocycles. The predicted molar refractivity (Wildman–Crippen MR) is 124 cm³/mol. The SMILES string of the molecule is Cc1cc(C#CCCO)ccc1[C@H]1SC[C@@H](C)Nc2c1c(-c1ccccn1)nn2C. The summed E-state index contributed by atoms with van der Waals surface area (Å²) in [6.45, 7) is 4.44. The number of hydrogen-bond donors (Lipinski definition) is 2. The van der Waals surface area contributed by atoms with E-state index in [0.717, 1.165) is 28.5 Å². The van der Waals surface area contributed by atoms with E-state index in [0.29, 0.717) is 12.5 Å². The van der Waals surface area contributed by atoms with Crippen LogP contribution >= 0.6 is 11.8 Å². The van der Waals surface area contributed by atoms with Crippen molar-refractivity contribution in [2.75, 3.05) is 17.7 Å². The van der Waals surface area contributed by atoms with Gasteiger partial charge in [0.05, 0.1) is 17.6 Å². The van der Waals surface area contributed by atoms with Crippen LogP contribution in [0.1, 0.15) is 40.8 Å². The van der Waals surface area contributed by atoms with E-state index in [1.807, 2.05) is 47.9 Å². The molecule has 6 heteroatoms. The van der Waals surface area contributed by atoms with Crippen molar-refractivity contribution in [1.82, 2.24) is 14.8 Å². The average molecular weight is 419 g/mol. The zero-order valence-electron chi connectivity index (χ0n) is 17.5. The van der Waals surface area contributed by atoms with Crippen molar-refractivity contribution in [3.05, 3.63) is 64.8 Å². The van der Waals surface area contributed by atoms with Crippen molar-refractivity contribution in [3.8, 4) is 23.2 Å². The number of thioether (sulfide) groups is 1. The summed E-state index contributed by atoms with van der Waals surface area (Å²) >= 11 is 1.94. The number of anilines is 1. The molecule has 3 aromatic rings. The number of aliphatic hydroxyl groups is 1. The summed E-state index contributed by atoms with van der Waals surface area (Å²) in [6, 6.07) is 12.7. The Hall–Kier alpha value is -2.75. The number of hydrogen-bond acceptors (Lipinski definition) is 5. The van der Waals surface area contributed by atoms with Gasteiger partial charge in [0, 0.05) is 42.6 Å². The Bertz CT molecular complexity index is 1100. The van der Waals surface area contributed by atoms with Gasteiger partial charge in [-0.25, -0.2) is 0 Å². The molecule has 154 valence electrons. The Morgan fingerprint density at radius 2 is 2.17 bits per heavy atom. The molecule has 1 aliphatic heterocycles. The Morgan fingerprint density at radius 3 is 2.90 bits per heavy atom. The van der Waals surface area contributed by atoms with E-state index in [1.54, 1.807) is 0 Å². The first-order valence-electron chi connectivity index (χ1n) is 10.1. The number of rotatable bonds is 3. The van der Waals surface area contributed by atoms with Crippen LogP contribution < -0.4 is 5.32 Å². The highest BCUT2D eigenvalue weighted by Crippen LogP contribution is 2.47. The van der Waals surface area contributed by atoms with E-state index in [-0.39, 0.29) is 11.9 Å². The minimum atomic E-state index is 0.0913. The van der Waals surface area contributed by atoms with E-state index in [1.165, 1.54) is 16.7 Å². The highest BCUT2D eigenvalue weighted by Gasteiger charge is 2.31. The third-order valence-electron chi connectivity index (χ3n) is 5.17. The largest absolute Gasteiger partial charge is 0.395 e. The van der Waals surface area contributed by atoms with Crippen LogP contribution in [0.2, 0.25) is 0 Å². The molecule has 0 saturated heterocycles. The predicted octanol–water partition coefficient (Wildman–Crippen LogP) is 4.16.